The summed E-state index contributed by atoms with van der Waals surface area (Å²) in [6.07, 6.45) is 0.0430. The Bertz CT molecular complexity index is 949. The molecule has 2 amide bonds. The average Bonchev–Trinajstić information content (AvgIpc) is 3.23. The molecule has 1 unspecified atom stereocenters. The predicted octanol–water partition coefficient (Wildman–Crippen LogP) is 1.98. The lowest BCUT2D eigenvalue weighted by Crippen LogP contribution is -2.90. The minimum Gasteiger partial charge on any atom is -0.454 e. The van der Waals surface area contributed by atoms with Crippen molar-refractivity contribution in [3.8, 4) is 17.2 Å². The number of benzene rings is 2. The molecule has 2 aromatic rings. The number of rotatable bonds is 6. The topological polar surface area (TPSA) is 81.7 Å². The molecule has 7 nitrogen and oxygen atoms in total. The first-order valence-electron chi connectivity index (χ1n) is 8.74. The van der Waals surface area contributed by atoms with Crippen LogP contribution in [0.5, 0.6) is 17.2 Å². The largest absolute Gasteiger partial charge is 0.487 e. The number of quaternary nitrogens is 1. The van der Waals surface area contributed by atoms with Crippen molar-refractivity contribution in [1.29, 1.82) is 0 Å². The highest BCUT2D eigenvalue weighted by Crippen LogP contribution is 2.32. The molecule has 2 aliphatic rings. The van der Waals surface area contributed by atoms with E-state index in [1.54, 1.807) is 11.4 Å². The van der Waals surface area contributed by atoms with E-state index in [-0.39, 0.29) is 36.5 Å². The van der Waals surface area contributed by atoms with E-state index in [0.717, 1.165) is 10.5 Å². The number of fused-ring (bicyclic) bond motifs is 1. The summed E-state index contributed by atoms with van der Waals surface area (Å²) in [5.41, 5.74) is -2.63. The van der Waals surface area contributed by atoms with E-state index in [0.29, 0.717) is 18.0 Å². The van der Waals surface area contributed by atoms with Crippen LogP contribution in [0.15, 0.2) is 42.5 Å². The predicted molar refractivity (Wildman–Crippen MR) is 97.0 cm³/mol. The van der Waals surface area contributed by atoms with Gasteiger partial charge in [0, 0.05) is 17.2 Å². The van der Waals surface area contributed by atoms with Gasteiger partial charge in [-0.1, -0.05) is 0 Å². The fourth-order valence-corrected chi connectivity index (χ4v) is 3.34. The van der Waals surface area contributed by atoms with Crippen LogP contribution in [0.2, 0.25) is 0 Å². The van der Waals surface area contributed by atoms with Crippen LogP contribution in [-0.4, -0.2) is 30.2 Å². The summed E-state index contributed by atoms with van der Waals surface area (Å²) in [6, 6.07) is 10.1. The van der Waals surface area contributed by atoms with Gasteiger partial charge in [0.25, 0.3) is 5.91 Å². The number of amides is 2. The minimum atomic E-state index is -3.84. The van der Waals surface area contributed by atoms with Crippen LogP contribution < -0.4 is 24.4 Å². The van der Waals surface area contributed by atoms with Crippen molar-refractivity contribution in [2.24, 2.45) is 0 Å². The molecule has 2 heterocycles. The molecule has 29 heavy (non-hydrogen) atoms. The summed E-state index contributed by atoms with van der Waals surface area (Å²) < 4.78 is 40.2. The summed E-state index contributed by atoms with van der Waals surface area (Å²) in [5, 5.41) is 1.78. The van der Waals surface area contributed by atoms with E-state index >= 15 is 0 Å². The standard InChI is InChI=1S/C19H15ClF2N2O5/c20-19(21,22)29-13-4-2-12(3-5-13)24-17(25)8-14(18(24)26)23-9-11-1-6-15-16(7-11)28-10-27-15/h1-7,14,23H,8-10H2/p+1. The molecule has 1 saturated heterocycles. The average molecular weight is 426 g/mol. The van der Waals surface area contributed by atoms with Crippen LogP contribution in [0.1, 0.15) is 12.0 Å². The lowest BCUT2D eigenvalue weighted by atomic mass is 10.1. The Kier molecular flexibility index (Phi) is 5.01. The molecule has 2 aromatic carbocycles. The lowest BCUT2D eigenvalue weighted by molar-refractivity contribution is -0.690. The number of anilines is 1. The van der Waals surface area contributed by atoms with Crippen LogP contribution in [0.3, 0.4) is 0 Å². The Balaban J connectivity index is 1.41. The Labute approximate surface area is 169 Å². The number of ether oxygens (including phenoxy) is 3. The number of alkyl halides is 3. The first-order valence-corrected chi connectivity index (χ1v) is 9.12. The van der Waals surface area contributed by atoms with Crippen LogP contribution >= 0.6 is 11.6 Å². The van der Waals surface area contributed by atoms with Crippen molar-refractivity contribution in [2.75, 3.05) is 11.7 Å². The molecule has 0 radical (unpaired) electrons. The zero-order valence-electron chi connectivity index (χ0n) is 14.9. The third-order valence-corrected chi connectivity index (χ3v) is 4.66. The van der Waals surface area contributed by atoms with E-state index < -0.39 is 11.6 Å². The molecule has 2 aliphatic heterocycles. The second-order valence-electron chi connectivity index (χ2n) is 6.55. The van der Waals surface area contributed by atoms with Gasteiger partial charge in [0.15, 0.2) is 17.5 Å². The van der Waals surface area contributed by atoms with Crippen molar-refractivity contribution in [3.63, 3.8) is 0 Å². The molecule has 0 bridgehead atoms. The number of imide groups is 1. The van der Waals surface area contributed by atoms with Crippen molar-refractivity contribution in [3.05, 3.63) is 48.0 Å². The molecule has 4 rings (SSSR count). The van der Waals surface area contributed by atoms with Gasteiger partial charge in [0.05, 0.1) is 12.1 Å². The van der Waals surface area contributed by atoms with Gasteiger partial charge in [-0.3, -0.25) is 9.59 Å². The van der Waals surface area contributed by atoms with Crippen molar-refractivity contribution in [1.82, 2.24) is 0 Å². The molecule has 0 saturated carbocycles. The second-order valence-corrected chi connectivity index (χ2v) is 6.99. The van der Waals surface area contributed by atoms with Gasteiger partial charge in [0.2, 0.25) is 12.7 Å². The molecule has 1 fully saturated rings. The normalized spacial score (nSPS) is 18.4. The van der Waals surface area contributed by atoms with Gasteiger partial charge >= 0.3 is 5.57 Å². The van der Waals surface area contributed by atoms with Gasteiger partial charge in [0.1, 0.15) is 12.3 Å². The zero-order valence-corrected chi connectivity index (χ0v) is 15.7. The van der Waals surface area contributed by atoms with Crippen LogP contribution in [-0.2, 0) is 16.1 Å². The van der Waals surface area contributed by atoms with Crippen LogP contribution in [0.4, 0.5) is 14.5 Å². The molecular weight excluding hydrogens is 410 g/mol. The maximum absolute atomic E-state index is 12.7. The summed E-state index contributed by atoms with van der Waals surface area (Å²) in [7, 11) is 0. The van der Waals surface area contributed by atoms with Gasteiger partial charge in [-0.15, -0.1) is 8.78 Å². The quantitative estimate of drug-likeness (QED) is 0.565. The first-order chi connectivity index (χ1) is 13.8. The Morgan fingerprint density at radius 3 is 2.59 bits per heavy atom. The third-order valence-electron chi connectivity index (χ3n) is 4.59. The smallest absolute Gasteiger partial charge is 0.454 e. The van der Waals surface area contributed by atoms with Gasteiger partial charge in [-0.05, 0) is 42.5 Å². The number of hydrogen-bond acceptors (Lipinski definition) is 5. The highest BCUT2D eigenvalue weighted by Gasteiger charge is 2.42. The van der Waals surface area contributed by atoms with Gasteiger partial charge < -0.3 is 19.5 Å². The summed E-state index contributed by atoms with van der Waals surface area (Å²) in [6.45, 7) is 0.658. The van der Waals surface area contributed by atoms with E-state index in [4.69, 9.17) is 21.1 Å². The summed E-state index contributed by atoms with van der Waals surface area (Å²) >= 11 is 4.72. The van der Waals surface area contributed by atoms with Crippen LogP contribution in [0, 0.1) is 0 Å². The maximum atomic E-state index is 12.7. The number of nitrogens with zero attached hydrogens (tertiary/aromatic N) is 1. The summed E-state index contributed by atoms with van der Waals surface area (Å²) in [4.78, 5) is 26.1. The molecule has 1 atom stereocenters. The number of halogens is 3. The van der Waals surface area contributed by atoms with E-state index in [1.807, 2.05) is 12.1 Å². The number of carbonyl (C=O) groups is 2. The molecular formula is C19H16ClF2N2O5+. The van der Waals surface area contributed by atoms with E-state index in [1.165, 1.54) is 24.3 Å². The molecule has 2 N–H and O–H groups in total. The zero-order chi connectivity index (χ0) is 20.6. The second kappa shape index (κ2) is 7.49. The Morgan fingerprint density at radius 1 is 1.14 bits per heavy atom. The first kappa shape index (κ1) is 19.4. The molecule has 152 valence electrons. The van der Waals surface area contributed by atoms with Crippen LogP contribution in [0.25, 0.3) is 0 Å². The van der Waals surface area contributed by atoms with E-state index in [2.05, 4.69) is 4.74 Å². The SMILES string of the molecule is O=C1CC([NH2+]Cc2ccc3c(c2)OCO3)C(=O)N1c1ccc(OC(F)(F)Cl)cc1. The Morgan fingerprint density at radius 2 is 1.86 bits per heavy atom. The highest BCUT2D eigenvalue weighted by molar-refractivity contribution is 6.22. The van der Waals surface area contributed by atoms with Gasteiger partial charge in [-0.25, -0.2) is 4.90 Å². The van der Waals surface area contributed by atoms with Crippen molar-refractivity contribution in [2.45, 2.75) is 24.6 Å². The molecule has 10 heteroatoms. The Hall–Kier alpha value is -2.91. The minimum absolute atomic E-state index is 0.0430. The number of carbonyl (C=O) groups excluding carboxylic acids is 2. The number of nitrogens with two attached hydrogens (primary N) is 1. The van der Waals surface area contributed by atoms with Gasteiger partial charge in [-0.2, -0.15) is 0 Å². The highest BCUT2D eigenvalue weighted by atomic mass is 35.5. The number of hydrogen-bond donors (Lipinski definition) is 1. The monoisotopic (exact) mass is 425 g/mol. The fraction of sp³-hybridized carbons (Fsp3) is 0.263. The maximum Gasteiger partial charge on any atom is 0.487 e. The lowest BCUT2D eigenvalue weighted by Gasteiger charge is -2.16. The van der Waals surface area contributed by atoms with Crippen molar-refractivity contribution < 1.29 is 37.9 Å². The molecule has 0 aromatic heterocycles. The van der Waals surface area contributed by atoms with E-state index in [9.17, 15) is 18.4 Å². The molecule has 0 aliphatic carbocycles. The van der Waals surface area contributed by atoms with Crippen molar-refractivity contribution >= 4 is 29.1 Å². The third kappa shape index (κ3) is 4.25. The summed E-state index contributed by atoms with van der Waals surface area (Å²) in [5.74, 6) is 0.409. The molecule has 0 spiro atoms. The fourth-order valence-electron chi connectivity index (χ4n) is 3.25.